The summed E-state index contributed by atoms with van der Waals surface area (Å²) < 4.78 is 1.58. The van der Waals surface area contributed by atoms with Gasteiger partial charge in [0, 0.05) is 51.2 Å². The van der Waals surface area contributed by atoms with E-state index in [4.69, 9.17) is 0 Å². The zero-order valence-corrected chi connectivity index (χ0v) is 26.2. The highest BCUT2D eigenvalue weighted by Gasteiger charge is 2.47. The van der Waals surface area contributed by atoms with Crippen molar-refractivity contribution in [3.8, 4) is 0 Å². The normalized spacial score (nSPS) is 24.5. The highest BCUT2D eigenvalue weighted by atomic mass is 16.2. The molecule has 11 nitrogen and oxygen atoms in total. The Morgan fingerprint density at radius 3 is 2.34 bits per heavy atom. The predicted octanol–water partition coefficient (Wildman–Crippen LogP) is 2.72. The number of aromatic amines is 1. The minimum Gasteiger partial charge on any atom is -0.367 e. The maximum atomic E-state index is 13.5. The fourth-order valence-electron chi connectivity index (χ4n) is 7.84. The van der Waals surface area contributed by atoms with E-state index in [-0.39, 0.29) is 29.5 Å². The van der Waals surface area contributed by atoms with Crippen LogP contribution in [0, 0.1) is 23.7 Å². The zero-order chi connectivity index (χ0) is 31.6. The number of ketones is 1. The first-order valence-electron chi connectivity index (χ1n) is 15.9. The second kappa shape index (κ2) is 13.1. The molecule has 0 spiro atoms. The van der Waals surface area contributed by atoms with Crippen molar-refractivity contribution in [1.29, 1.82) is 0 Å². The summed E-state index contributed by atoms with van der Waals surface area (Å²) >= 11 is 0. The number of nitrogens with zero attached hydrogens (tertiary/aromatic N) is 1. The maximum Gasteiger partial charge on any atom is 0.287 e. The molecule has 0 radical (unpaired) electrons. The van der Waals surface area contributed by atoms with Gasteiger partial charge in [0.15, 0.2) is 0 Å². The third-order valence-corrected chi connectivity index (χ3v) is 9.80. The van der Waals surface area contributed by atoms with Crippen LogP contribution in [0.1, 0.15) is 81.6 Å². The molecule has 11 heteroatoms. The number of hydrogen-bond donors (Lipinski definition) is 5. The van der Waals surface area contributed by atoms with Crippen molar-refractivity contribution in [3.63, 3.8) is 0 Å². The molecule has 2 aromatic heterocycles. The molecule has 0 aromatic carbocycles. The number of carbonyl (C=O) groups is 4. The van der Waals surface area contributed by atoms with Gasteiger partial charge in [-0.25, -0.2) is 0 Å². The van der Waals surface area contributed by atoms with E-state index >= 15 is 0 Å². The maximum absolute atomic E-state index is 13.5. The molecule has 3 amide bonds. The van der Waals surface area contributed by atoms with Crippen molar-refractivity contribution in [1.82, 2.24) is 25.5 Å². The van der Waals surface area contributed by atoms with E-state index < -0.39 is 29.5 Å². The quantitative estimate of drug-likeness (QED) is 0.234. The number of carbonyl (C=O) groups excluding carboxylic acids is 4. The molecule has 2 aromatic rings. The van der Waals surface area contributed by atoms with Gasteiger partial charge in [0.1, 0.15) is 11.7 Å². The van der Waals surface area contributed by atoms with Crippen molar-refractivity contribution in [3.05, 3.63) is 52.2 Å². The van der Waals surface area contributed by atoms with E-state index in [2.05, 4.69) is 26.3 Å². The lowest BCUT2D eigenvalue weighted by atomic mass is 9.54. The van der Waals surface area contributed by atoms with Crippen molar-refractivity contribution in [2.24, 2.45) is 23.7 Å². The predicted molar refractivity (Wildman–Crippen MR) is 167 cm³/mol. The number of likely N-dealkylation sites (N-methyl/N-ethyl adjacent to an activating group) is 1. The molecule has 0 saturated heterocycles. The number of pyridine rings is 1. The molecular weight excluding hydrogens is 560 g/mol. The van der Waals surface area contributed by atoms with Crippen molar-refractivity contribution in [2.75, 3.05) is 18.9 Å². The van der Waals surface area contributed by atoms with E-state index in [0.717, 1.165) is 29.2 Å². The molecule has 4 saturated carbocycles. The number of rotatable bonds is 12. The van der Waals surface area contributed by atoms with Crippen LogP contribution in [0.5, 0.6) is 0 Å². The average molecular weight is 607 g/mol. The Morgan fingerprint density at radius 2 is 1.70 bits per heavy atom. The minimum absolute atomic E-state index is 0.0843. The largest absolute Gasteiger partial charge is 0.367 e. The molecule has 44 heavy (non-hydrogen) atoms. The molecule has 6 rings (SSSR count). The lowest BCUT2D eigenvalue weighted by Gasteiger charge is -2.54. The van der Waals surface area contributed by atoms with Gasteiger partial charge in [-0.3, -0.25) is 24.0 Å². The summed E-state index contributed by atoms with van der Waals surface area (Å²) in [6.07, 6.45) is 11.3. The van der Waals surface area contributed by atoms with Crippen LogP contribution in [0.15, 0.2) is 35.5 Å². The molecule has 0 aliphatic heterocycles. The lowest BCUT2D eigenvalue weighted by Crippen LogP contribution is -2.55. The van der Waals surface area contributed by atoms with Gasteiger partial charge < -0.3 is 30.8 Å². The van der Waals surface area contributed by atoms with Crippen LogP contribution in [0.4, 0.5) is 5.69 Å². The Bertz CT molecular complexity index is 1420. The highest BCUT2D eigenvalue weighted by Crippen LogP contribution is 2.53. The molecule has 0 unspecified atom stereocenters. The number of H-pyrrole nitrogens is 1. The number of amides is 3. The summed E-state index contributed by atoms with van der Waals surface area (Å²) in [7, 11) is 1.35. The van der Waals surface area contributed by atoms with E-state index in [1.54, 1.807) is 29.2 Å². The Labute approximate surface area is 258 Å². The summed E-state index contributed by atoms with van der Waals surface area (Å²) in [5, 5.41) is 11.4. The van der Waals surface area contributed by atoms with Crippen LogP contribution in [-0.2, 0) is 26.3 Å². The van der Waals surface area contributed by atoms with Crippen molar-refractivity contribution < 1.29 is 19.2 Å². The highest BCUT2D eigenvalue weighted by molar-refractivity contribution is 6.36. The van der Waals surface area contributed by atoms with Gasteiger partial charge in [0.2, 0.25) is 11.7 Å². The second-order valence-electron chi connectivity index (χ2n) is 13.9. The molecule has 1 atom stereocenters. The van der Waals surface area contributed by atoms with Gasteiger partial charge >= 0.3 is 0 Å². The Morgan fingerprint density at radius 1 is 1.02 bits per heavy atom. The molecule has 5 N–H and O–H groups in total. The van der Waals surface area contributed by atoms with Gasteiger partial charge in [-0.1, -0.05) is 20.8 Å². The molecule has 4 aliphatic carbocycles. The molecular formula is C33H46N6O5. The zero-order valence-electron chi connectivity index (χ0n) is 26.2. The van der Waals surface area contributed by atoms with Crippen LogP contribution >= 0.6 is 0 Å². The van der Waals surface area contributed by atoms with E-state index in [1.807, 2.05) is 20.8 Å². The fourth-order valence-corrected chi connectivity index (χ4v) is 7.84. The van der Waals surface area contributed by atoms with Gasteiger partial charge in [-0.2, -0.15) is 0 Å². The van der Waals surface area contributed by atoms with Crippen molar-refractivity contribution >= 4 is 29.2 Å². The topological polar surface area (TPSA) is 154 Å². The Kier molecular flexibility index (Phi) is 9.43. The van der Waals surface area contributed by atoms with E-state index in [0.29, 0.717) is 24.7 Å². The number of hydrogen-bond acceptors (Lipinski definition) is 6. The van der Waals surface area contributed by atoms with Crippen LogP contribution in [0.3, 0.4) is 0 Å². The Hall–Kier alpha value is -3.73. The Balaban J connectivity index is 1.24. The summed E-state index contributed by atoms with van der Waals surface area (Å²) in [4.78, 5) is 67.1. The first-order chi connectivity index (χ1) is 20.9. The molecule has 238 valence electrons. The number of nitrogens with one attached hydrogen (secondary N) is 5. The number of anilines is 1. The lowest BCUT2D eigenvalue weighted by molar-refractivity contribution is -0.137. The molecule has 4 bridgehead atoms. The van der Waals surface area contributed by atoms with Gasteiger partial charge in [-0.05, 0) is 85.3 Å². The summed E-state index contributed by atoms with van der Waals surface area (Å²) in [6.45, 7) is 7.04. The first-order valence-corrected chi connectivity index (χ1v) is 15.9. The smallest absolute Gasteiger partial charge is 0.287 e. The summed E-state index contributed by atoms with van der Waals surface area (Å²) in [5.74, 6) is 0.663. The summed E-state index contributed by atoms with van der Waals surface area (Å²) in [6, 6.07) is 2.59. The SMILES string of the molecule is CNC(=O)C(=O)CC[C@H](NC(=O)c1c[nH]cc1C(C)(C)C)C(=O)Nc1cccn(CCNC2C3CC4CC(C3)CC2C4)c1=O. The summed E-state index contributed by atoms with van der Waals surface area (Å²) in [5.41, 5.74) is 0.547. The second-order valence-corrected chi connectivity index (χ2v) is 13.9. The van der Waals surface area contributed by atoms with Gasteiger partial charge in [0.25, 0.3) is 17.4 Å². The third-order valence-electron chi connectivity index (χ3n) is 9.80. The van der Waals surface area contributed by atoms with Gasteiger partial charge in [0.05, 0.1) is 5.56 Å². The molecule has 4 aliphatic rings. The standard InChI is InChI=1S/C33H46N6O5/c1-33(2,3)24-18-35-17-23(24)29(41)37-25(7-8-27(40)31(43)34-4)30(42)38-26-6-5-10-39(32(26)44)11-9-36-28-21-13-19-12-20(15-21)16-22(28)14-19/h5-6,10,17-22,25,28,35-36H,7-9,11-16H2,1-4H3,(H,34,43)(H,37,41)(H,38,42)/t19?,20?,21?,22?,25-,28?/m0/s1. The van der Waals surface area contributed by atoms with Crippen LogP contribution < -0.4 is 26.8 Å². The van der Waals surface area contributed by atoms with Crippen molar-refractivity contribution in [2.45, 2.75) is 89.8 Å². The first kappa shape index (κ1) is 31.7. The number of Topliss-reactive ketones (excluding diaryl/α,β-unsaturated/α-hetero) is 1. The third kappa shape index (κ3) is 6.98. The minimum atomic E-state index is -1.16. The van der Waals surface area contributed by atoms with Crippen LogP contribution in [0.25, 0.3) is 0 Å². The average Bonchev–Trinajstić information content (AvgIpc) is 3.49. The molecule has 2 heterocycles. The monoisotopic (exact) mass is 606 g/mol. The molecule has 4 fully saturated rings. The fraction of sp³-hybridized carbons (Fsp3) is 0.606. The number of aromatic nitrogens is 2. The van der Waals surface area contributed by atoms with E-state index in [9.17, 15) is 24.0 Å². The van der Waals surface area contributed by atoms with Crippen LogP contribution in [-0.4, -0.2) is 58.7 Å². The van der Waals surface area contributed by atoms with Crippen LogP contribution in [0.2, 0.25) is 0 Å². The van der Waals surface area contributed by atoms with Gasteiger partial charge in [-0.15, -0.1) is 0 Å². The van der Waals surface area contributed by atoms with E-state index in [1.165, 1.54) is 45.2 Å².